The number of allylic oxidation sites excluding steroid dienone is 1. The second-order valence-corrected chi connectivity index (χ2v) is 12.1. The third-order valence-electron chi connectivity index (χ3n) is 10.00. The molecule has 3 saturated carbocycles. The van der Waals surface area contributed by atoms with Crippen LogP contribution in [-0.4, -0.2) is 17.0 Å². The van der Waals surface area contributed by atoms with E-state index in [1.807, 2.05) is 0 Å². The topological polar surface area (TPSA) is 37.3 Å². The number of carbonyl (C=O) groups is 1. The summed E-state index contributed by atoms with van der Waals surface area (Å²) in [6.45, 7) is 12.1. The van der Waals surface area contributed by atoms with Crippen LogP contribution in [0.4, 0.5) is 0 Å². The zero-order valence-electron chi connectivity index (χ0n) is 19.6. The molecule has 0 heterocycles. The lowest BCUT2D eigenvalue weighted by Crippen LogP contribution is -2.48. The average Bonchev–Trinajstić information content (AvgIpc) is 2.93. The summed E-state index contributed by atoms with van der Waals surface area (Å²) in [6.07, 6.45) is 12.2. The minimum atomic E-state index is -0.222. The van der Waals surface area contributed by atoms with E-state index in [1.165, 1.54) is 37.7 Å². The van der Waals surface area contributed by atoms with Gasteiger partial charge in [-0.15, -0.1) is 0 Å². The highest BCUT2D eigenvalue weighted by molar-refractivity contribution is 5.79. The number of aliphatic hydroxyl groups is 1. The summed E-state index contributed by atoms with van der Waals surface area (Å²) >= 11 is 0. The molecule has 0 spiro atoms. The summed E-state index contributed by atoms with van der Waals surface area (Å²) in [7, 11) is 0. The quantitative estimate of drug-likeness (QED) is 0.521. The second-order valence-electron chi connectivity index (χ2n) is 12.1. The molecule has 3 fully saturated rings. The van der Waals surface area contributed by atoms with E-state index in [-0.39, 0.29) is 16.9 Å². The highest BCUT2D eigenvalue weighted by atomic mass is 16.3. The molecule has 4 aliphatic rings. The minimum absolute atomic E-state index is 0.205. The van der Waals surface area contributed by atoms with Gasteiger partial charge in [0.2, 0.25) is 0 Å². The molecule has 2 heteroatoms. The first-order valence-electron chi connectivity index (χ1n) is 12.6. The fourth-order valence-corrected chi connectivity index (χ4v) is 8.30. The van der Waals surface area contributed by atoms with Crippen LogP contribution in [0.25, 0.3) is 0 Å². The van der Waals surface area contributed by atoms with E-state index >= 15 is 0 Å². The van der Waals surface area contributed by atoms with Crippen molar-refractivity contribution in [3.05, 3.63) is 11.1 Å². The van der Waals surface area contributed by atoms with Crippen molar-refractivity contribution in [2.45, 2.75) is 111 Å². The van der Waals surface area contributed by atoms with Crippen LogP contribution in [-0.2, 0) is 4.79 Å². The maximum absolute atomic E-state index is 12.1. The van der Waals surface area contributed by atoms with Crippen LogP contribution in [0.15, 0.2) is 11.1 Å². The summed E-state index contributed by atoms with van der Waals surface area (Å²) in [6, 6.07) is 0. The van der Waals surface area contributed by atoms with E-state index in [2.05, 4.69) is 34.6 Å². The standard InChI is InChI=1S/C27H44O2/c1-17(2)7-6-8-18(3)23-16-24(29)25-21-10-9-19-15-20(28)11-13-26(19,4)22(21)12-14-27(23,25)5/h17-19,22-24,29H,6-16H2,1-5H3/t18-,19+,22+,23-,24+,26+,27-/m1/s1. The molecule has 0 radical (unpaired) electrons. The lowest BCUT2D eigenvalue weighted by Gasteiger charge is -2.56. The zero-order valence-corrected chi connectivity index (χ0v) is 19.6. The molecule has 4 rings (SSSR count). The predicted molar refractivity (Wildman–Crippen MR) is 120 cm³/mol. The van der Waals surface area contributed by atoms with Gasteiger partial charge in [-0.3, -0.25) is 4.79 Å². The van der Waals surface area contributed by atoms with Gasteiger partial charge in [0.25, 0.3) is 0 Å². The van der Waals surface area contributed by atoms with Crippen molar-refractivity contribution in [3.63, 3.8) is 0 Å². The van der Waals surface area contributed by atoms with Crippen molar-refractivity contribution in [2.24, 2.45) is 40.4 Å². The Morgan fingerprint density at radius 2 is 1.83 bits per heavy atom. The molecule has 0 saturated heterocycles. The highest BCUT2D eigenvalue weighted by Crippen LogP contribution is 2.65. The predicted octanol–water partition coefficient (Wildman–Crippen LogP) is 6.71. The Kier molecular flexibility index (Phi) is 5.82. The summed E-state index contributed by atoms with van der Waals surface area (Å²) in [5, 5.41) is 11.3. The molecule has 7 atom stereocenters. The summed E-state index contributed by atoms with van der Waals surface area (Å²) < 4.78 is 0. The van der Waals surface area contributed by atoms with Gasteiger partial charge in [0.15, 0.2) is 0 Å². The summed E-state index contributed by atoms with van der Waals surface area (Å²) in [4.78, 5) is 12.1. The van der Waals surface area contributed by atoms with Crippen LogP contribution in [0.2, 0.25) is 0 Å². The molecule has 0 aromatic heterocycles. The highest BCUT2D eigenvalue weighted by Gasteiger charge is 2.57. The van der Waals surface area contributed by atoms with Gasteiger partial charge in [0, 0.05) is 12.8 Å². The number of hydrogen-bond acceptors (Lipinski definition) is 2. The minimum Gasteiger partial charge on any atom is -0.389 e. The van der Waals surface area contributed by atoms with Crippen LogP contribution < -0.4 is 0 Å². The Balaban J connectivity index is 1.59. The Labute approximate surface area is 178 Å². The first kappa shape index (κ1) is 21.6. The summed E-state index contributed by atoms with van der Waals surface area (Å²) in [5.74, 6) is 3.79. The molecule has 0 bridgehead atoms. The van der Waals surface area contributed by atoms with Gasteiger partial charge in [-0.1, -0.05) is 59.5 Å². The largest absolute Gasteiger partial charge is 0.389 e. The fourth-order valence-electron chi connectivity index (χ4n) is 8.30. The SMILES string of the molecule is CC(C)CCC[C@@H](C)[C@H]1C[C@H](O)C2=C3CC[C@H]4CC(=O)CC[C@]4(C)[C@H]3CC[C@@]21C. The van der Waals surface area contributed by atoms with Crippen molar-refractivity contribution in [1.29, 1.82) is 0 Å². The normalized spacial score (nSPS) is 43.2. The average molecular weight is 401 g/mol. The molecule has 29 heavy (non-hydrogen) atoms. The number of hydrogen-bond donors (Lipinski definition) is 1. The van der Waals surface area contributed by atoms with Crippen molar-refractivity contribution >= 4 is 5.78 Å². The molecule has 164 valence electrons. The third kappa shape index (κ3) is 3.56. The Morgan fingerprint density at radius 1 is 1.07 bits per heavy atom. The lowest BCUT2D eigenvalue weighted by molar-refractivity contribution is -0.127. The molecule has 4 aliphatic carbocycles. The molecule has 1 N–H and O–H groups in total. The van der Waals surface area contributed by atoms with E-state index in [0.29, 0.717) is 29.5 Å². The monoisotopic (exact) mass is 400 g/mol. The van der Waals surface area contributed by atoms with Crippen LogP contribution in [0.3, 0.4) is 0 Å². The van der Waals surface area contributed by atoms with Crippen molar-refractivity contribution in [2.75, 3.05) is 0 Å². The number of carbonyl (C=O) groups excluding carboxylic acids is 1. The molecule has 0 unspecified atom stereocenters. The van der Waals surface area contributed by atoms with Crippen LogP contribution >= 0.6 is 0 Å². The first-order chi connectivity index (χ1) is 13.7. The van der Waals surface area contributed by atoms with E-state index in [4.69, 9.17) is 0 Å². The van der Waals surface area contributed by atoms with Gasteiger partial charge in [0.1, 0.15) is 5.78 Å². The maximum atomic E-state index is 12.1. The number of fused-ring (bicyclic) bond motifs is 4. The number of ketones is 1. The van der Waals surface area contributed by atoms with Gasteiger partial charge in [0.05, 0.1) is 6.10 Å². The van der Waals surface area contributed by atoms with Crippen molar-refractivity contribution in [3.8, 4) is 0 Å². The maximum Gasteiger partial charge on any atom is 0.133 e. The summed E-state index contributed by atoms with van der Waals surface area (Å²) in [5.41, 5.74) is 3.59. The van der Waals surface area contributed by atoms with Crippen LogP contribution in [0.5, 0.6) is 0 Å². The molecule has 0 aromatic rings. The van der Waals surface area contributed by atoms with Crippen molar-refractivity contribution < 1.29 is 9.90 Å². The van der Waals surface area contributed by atoms with E-state index in [9.17, 15) is 9.90 Å². The third-order valence-corrected chi connectivity index (χ3v) is 10.00. The number of Topliss-reactive ketones (excluding diaryl/α,β-unsaturated/α-hetero) is 1. The Bertz CT molecular complexity index is 676. The molecular weight excluding hydrogens is 356 g/mol. The van der Waals surface area contributed by atoms with Crippen LogP contribution in [0.1, 0.15) is 105 Å². The van der Waals surface area contributed by atoms with Gasteiger partial charge in [-0.05, 0) is 84.5 Å². The van der Waals surface area contributed by atoms with E-state index in [0.717, 1.165) is 44.4 Å². The second kappa shape index (κ2) is 7.81. The molecule has 0 aromatic carbocycles. The number of aliphatic hydroxyl groups excluding tert-OH is 1. The molecular formula is C27H44O2. The van der Waals surface area contributed by atoms with Gasteiger partial charge in [-0.25, -0.2) is 0 Å². The number of rotatable bonds is 5. The Morgan fingerprint density at radius 3 is 2.55 bits per heavy atom. The zero-order chi connectivity index (χ0) is 21.0. The van der Waals surface area contributed by atoms with Gasteiger partial charge in [-0.2, -0.15) is 0 Å². The van der Waals surface area contributed by atoms with Gasteiger partial charge >= 0.3 is 0 Å². The smallest absolute Gasteiger partial charge is 0.133 e. The Hall–Kier alpha value is -0.630. The van der Waals surface area contributed by atoms with Crippen molar-refractivity contribution in [1.82, 2.24) is 0 Å². The molecule has 0 amide bonds. The fraction of sp³-hybridized carbons (Fsp3) is 0.889. The van der Waals surface area contributed by atoms with E-state index < -0.39 is 0 Å². The molecule has 0 aliphatic heterocycles. The van der Waals surface area contributed by atoms with Crippen LogP contribution in [0, 0.1) is 40.4 Å². The first-order valence-corrected chi connectivity index (χ1v) is 12.6. The van der Waals surface area contributed by atoms with Gasteiger partial charge < -0.3 is 5.11 Å². The lowest BCUT2D eigenvalue weighted by atomic mass is 9.49. The molecule has 2 nitrogen and oxygen atoms in total. The van der Waals surface area contributed by atoms with E-state index in [1.54, 1.807) is 5.57 Å².